The topological polar surface area (TPSA) is 90.9 Å². The second kappa shape index (κ2) is 10.2. The number of alkyl carbamates (subject to hydrolysis) is 1. The van der Waals surface area contributed by atoms with Crippen molar-refractivity contribution in [3.8, 4) is 0 Å². The third-order valence-corrected chi connectivity index (χ3v) is 2.89. The summed E-state index contributed by atoms with van der Waals surface area (Å²) in [6.45, 7) is 14.1. The minimum absolute atomic E-state index is 0.206. The highest BCUT2D eigenvalue weighted by Gasteiger charge is 2.25. The van der Waals surface area contributed by atoms with Crippen LogP contribution in [0.15, 0.2) is 11.6 Å². The number of carbonyl (C=O) groups is 3. The molecule has 0 fully saturated rings. The lowest BCUT2D eigenvalue weighted by atomic mass is 10.1. The molecule has 0 saturated carbocycles. The summed E-state index contributed by atoms with van der Waals surface area (Å²) in [6, 6.07) is -0.854. The summed E-state index contributed by atoms with van der Waals surface area (Å²) in [5.74, 6) is -0.952. The first kappa shape index (κ1) is 23.9. The third-order valence-electron chi connectivity index (χ3n) is 2.89. The van der Waals surface area contributed by atoms with Crippen LogP contribution in [0.3, 0.4) is 0 Å². The zero-order valence-electron chi connectivity index (χ0n) is 17.2. The number of nitrogens with one attached hydrogen (secondary N) is 1. The Balaban J connectivity index is 4.83. The quantitative estimate of drug-likeness (QED) is 0.418. The molecular formula is C19H33NO6. The van der Waals surface area contributed by atoms with E-state index in [-0.39, 0.29) is 13.0 Å². The number of hydrogen-bond acceptors (Lipinski definition) is 6. The molecule has 7 heteroatoms. The number of hydrogen-bond donors (Lipinski definition) is 1. The smallest absolute Gasteiger partial charge is 0.408 e. The van der Waals surface area contributed by atoms with E-state index >= 15 is 0 Å². The van der Waals surface area contributed by atoms with Gasteiger partial charge in [0.2, 0.25) is 0 Å². The Morgan fingerprint density at radius 3 is 2.00 bits per heavy atom. The van der Waals surface area contributed by atoms with Crippen LogP contribution < -0.4 is 5.32 Å². The Morgan fingerprint density at radius 1 is 1.00 bits per heavy atom. The van der Waals surface area contributed by atoms with Gasteiger partial charge in [0.1, 0.15) is 17.2 Å². The molecule has 0 aliphatic carbocycles. The average molecular weight is 371 g/mol. The van der Waals surface area contributed by atoms with Crippen LogP contribution >= 0.6 is 0 Å². The summed E-state index contributed by atoms with van der Waals surface area (Å²) in [5, 5.41) is 2.52. The van der Waals surface area contributed by atoms with Gasteiger partial charge in [-0.15, -0.1) is 0 Å². The molecule has 0 aromatic carbocycles. The van der Waals surface area contributed by atoms with Crippen molar-refractivity contribution in [2.75, 3.05) is 6.61 Å². The summed E-state index contributed by atoms with van der Waals surface area (Å²) in [4.78, 5) is 35.9. The molecule has 0 aliphatic rings. The minimum atomic E-state index is -0.854. The summed E-state index contributed by atoms with van der Waals surface area (Å²) in [7, 11) is 0. The lowest BCUT2D eigenvalue weighted by Crippen LogP contribution is -2.44. The maximum Gasteiger partial charge on any atom is 0.408 e. The Morgan fingerprint density at radius 2 is 1.54 bits per heavy atom. The van der Waals surface area contributed by atoms with Gasteiger partial charge in [-0.3, -0.25) is 0 Å². The zero-order valence-corrected chi connectivity index (χ0v) is 17.2. The lowest BCUT2D eigenvalue weighted by Gasteiger charge is -2.22. The first-order chi connectivity index (χ1) is 11.7. The van der Waals surface area contributed by atoms with Gasteiger partial charge in [-0.1, -0.05) is 6.08 Å². The molecule has 0 saturated heterocycles. The first-order valence-corrected chi connectivity index (χ1v) is 8.81. The molecule has 0 unspecified atom stereocenters. The van der Waals surface area contributed by atoms with E-state index in [1.165, 1.54) is 0 Å². The van der Waals surface area contributed by atoms with Gasteiger partial charge in [-0.25, -0.2) is 14.4 Å². The van der Waals surface area contributed by atoms with Gasteiger partial charge in [0.15, 0.2) is 0 Å². The Hall–Kier alpha value is -2.05. The van der Waals surface area contributed by atoms with Crippen LogP contribution in [0.25, 0.3) is 0 Å². The van der Waals surface area contributed by atoms with Crippen molar-refractivity contribution in [3.05, 3.63) is 11.6 Å². The normalized spacial score (nSPS) is 13.6. The van der Waals surface area contributed by atoms with Crippen molar-refractivity contribution in [1.82, 2.24) is 5.32 Å². The Bertz CT molecular complexity index is 525. The van der Waals surface area contributed by atoms with E-state index in [0.29, 0.717) is 12.0 Å². The molecule has 7 nitrogen and oxygen atoms in total. The van der Waals surface area contributed by atoms with Crippen LogP contribution in [0.2, 0.25) is 0 Å². The van der Waals surface area contributed by atoms with Crippen molar-refractivity contribution in [2.24, 2.45) is 0 Å². The van der Waals surface area contributed by atoms with E-state index < -0.39 is 35.3 Å². The fraction of sp³-hybridized carbons (Fsp3) is 0.737. The molecule has 0 aliphatic heterocycles. The predicted octanol–water partition coefficient (Wildman–Crippen LogP) is 3.51. The molecular weight excluding hydrogens is 338 g/mol. The van der Waals surface area contributed by atoms with Crippen LogP contribution in [0.4, 0.5) is 4.79 Å². The minimum Gasteiger partial charge on any atom is -0.464 e. The molecule has 0 aromatic heterocycles. The van der Waals surface area contributed by atoms with E-state index in [1.54, 1.807) is 61.5 Å². The summed E-state index contributed by atoms with van der Waals surface area (Å²) >= 11 is 0. The van der Waals surface area contributed by atoms with Gasteiger partial charge in [0.05, 0.1) is 6.61 Å². The Kier molecular flexibility index (Phi) is 9.38. The first-order valence-electron chi connectivity index (χ1n) is 8.81. The highest BCUT2D eigenvalue weighted by molar-refractivity contribution is 5.88. The van der Waals surface area contributed by atoms with E-state index in [2.05, 4.69) is 5.32 Å². The summed E-state index contributed by atoms with van der Waals surface area (Å²) < 4.78 is 15.4. The molecule has 1 amide bonds. The molecule has 0 heterocycles. The fourth-order valence-electron chi connectivity index (χ4n) is 1.85. The Labute approximate surface area is 156 Å². The van der Waals surface area contributed by atoms with Crippen LogP contribution in [0.5, 0.6) is 0 Å². The van der Waals surface area contributed by atoms with Crippen LogP contribution in [-0.4, -0.2) is 41.9 Å². The van der Waals surface area contributed by atoms with Gasteiger partial charge in [-0.05, 0) is 68.2 Å². The molecule has 150 valence electrons. The zero-order chi connectivity index (χ0) is 20.5. The number of esters is 2. The molecule has 0 radical (unpaired) electrons. The standard InChI is InChI=1S/C19H33NO6/c1-9-24-16(22)14(20-17(23)26-19(6,7)8)12-10-11-13(2)15(21)25-18(3,4)5/h11,14H,9-10,12H2,1-8H3,(H,20,23)/b13-11+/t14-/m0/s1. The van der Waals surface area contributed by atoms with Gasteiger partial charge < -0.3 is 19.5 Å². The molecule has 26 heavy (non-hydrogen) atoms. The maximum atomic E-state index is 12.0. The van der Waals surface area contributed by atoms with Crippen LogP contribution in [0.1, 0.15) is 68.2 Å². The van der Waals surface area contributed by atoms with Gasteiger partial charge >= 0.3 is 18.0 Å². The maximum absolute atomic E-state index is 12.0. The molecule has 0 bridgehead atoms. The van der Waals surface area contributed by atoms with Gasteiger partial charge in [-0.2, -0.15) is 0 Å². The predicted molar refractivity (Wildman–Crippen MR) is 98.6 cm³/mol. The third kappa shape index (κ3) is 11.5. The number of rotatable bonds is 7. The second-order valence-corrected chi connectivity index (χ2v) is 7.92. The largest absolute Gasteiger partial charge is 0.464 e. The number of carbonyl (C=O) groups excluding carboxylic acids is 3. The monoisotopic (exact) mass is 371 g/mol. The van der Waals surface area contributed by atoms with Crippen molar-refractivity contribution < 1.29 is 28.6 Å². The molecule has 0 rings (SSSR count). The van der Waals surface area contributed by atoms with Crippen molar-refractivity contribution in [3.63, 3.8) is 0 Å². The summed E-state index contributed by atoms with van der Waals surface area (Å²) in [5.41, 5.74) is -0.797. The lowest BCUT2D eigenvalue weighted by molar-refractivity contribution is -0.149. The second-order valence-electron chi connectivity index (χ2n) is 7.92. The molecule has 1 N–H and O–H groups in total. The highest BCUT2D eigenvalue weighted by Crippen LogP contribution is 2.13. The number of ether oxygens (including phenoxy) is 3. The van der Waals surface area contributed by atoms with Crippen molar-refractivity contribution >= 4 is 18.0 Å². The van der Waals surface area contributed by atoms with E-state index in [4.69, 9.17) is 14.2 Å². The molecule has 0 aromatic rings. The SMILES string of the molecule is CCOC(=O)[C@H](CC/C=C(\C)C(=O)OC(C)(C)C)NC(=O)OC(C)(C)C. The number of allylic oxidation sites excluding steroid dienone is 1. The van der Waals surface area contributed by atoms with Crippen molar-refractivity contribution in [2.45, 2.75) is 85.5 Å². The van der Waals surface area contributed by atoms with Crippen LogP contribution in [-0.2, 0) is 23.8 Å². The highest BCUT2D eigenvalue weighted by atomic mass is 16.6. The van der Waals surface area contributed by atoms with Crippen molar-refractivity contribution in [1.29, 1.82) is 0 Å². The molecule has 1 atom stereocenters. The van der Waals surface area contributed by atoms with Crippen LogP contribution in [0, 0.1) is 0 Å². The fourth-order valence-corrected chi connectivity index (χ4v) is 1.85. The number of amides is 1. The molecule has 0 spiro atoms. The van der Waals surface area contributed by atoms with Gasteiger partial charge in [0.25, 0.3) is 0 Å². The van der Waals surface area contributed by atoms with E-state index in [0.717, 1.165) is 0 Å². The van der Waals surface area contributed by atoms with E-state index in [1.807, 2.05) is 0 Å². The summed E-state index contributed by atoms with van der Waals surface area (Å²) in [6.07, 6.45) is 1.66. The van der Waals surface area contributed by atoms with Gasteiger partial charge in [0, 0.05) is 5.57 Å². The van der Waals surface area contributed by atoms with E-state index in [9.17, 15) is 14.4 Å². The average Bonchev–Trinajstić information content (AvgIpc) is 2.42.